The fourth-order valence-corrected chi connectivity index (χ4v) is 2.08. The minimum Gasteiger partial charge on any atom is -0.481 e. The maximum atomic E-state index is 10.8. The summed E-state index contributed by atoms with van der Waals surface area (Å²) in [5, 5.41) is 11.9. The average molecular weight is 264 g/mol. The number of carboxylic acid groups (broad SMARTS) is 1. The van der Waals surface area contributed by atoms with Gasteiger partial charge in [-0.3, -0.25) is 4.79 Å². The third-order valence-corrected chi connectivity index (χ3v) is 3.34. The summed E-state index contributed by atoms with van der Waals surface area (Å²) < 4.78 is 0. The Morgan fingerprint density at radius 1 is 1.42 bits per heavy atom. The van der Waals surface area contributed by atoms with Crippen LogP contribution in [0.3, 0.4) is 0 Å². The van der Waals surface area contributed by atoms with Crippen molar-refractivity contribution in [3.63, 3.8) is 0 Å². The largest absolute Gasteiger partial charge is 0.481 e. The van der Waals surface area contributed by atoms with Crippen LogP contribution in [0.15, 0.2) is 12.4 Å². The number of nitrogens with one attached hydrogen (secondary N) is 1. The lowest BCUT2D eigenvalue weighted by Crippen LogP contribution is -2.30. The molecule has 1 saturated heterocycles. The lowest BCUT2D eigenvalue weighted by Gasteiger charge is -2.27. The number of rotatable bonds is 5. The standard InChI is InChI=1S/C13H20N4O2/c1-10(13(18)19)8-14-11-7-12(16-9-15-11)17-5-3-2-4-6-17/h7,9-10H,2-6,8H2,1H3,(H,18,19)(H,14,15,16). The second-order valence-corrected chi connectivity index (χ2v) is 4.93. The molecule has 1 atom stereocenters. The number of hydrogen-bond acceptors (Lipinski definition) is 5. The predicted molar refractivity (Wildman–Crippen MR) is 73.4 cm³/mol. The molecule has 19 heavy (non-hydrogen) atoms. The average Bonchev–Trinajstić information content (AvgIpc) is 2.46. The first kappa shape index (κ1) is 13.6. The van der Waals surface area contributed by atoms with E-state index in [0.29, 0.717) is 12.4 Å². The maximum Gasteiger partial charge on any atom is 0.308 e. The molecule has 1 fully saturated rings. The molecule has 0 spiro atoms. The number of piperidine rings is 1. The molecule has 0 amide bonds. The van der Waals surface area contributed by atoms with E-state index in [-0.39, 0.29) is 0 Å². The van der Waals surface area contributed by atoms with E-state index in [4.69, 9.17) is 5.11 Å². The zero-order valence-corrected chi connectivity index (χ0v) is 11.2. The molecule has 0 saturated carbocycles. The van der Waals surface area contributed by atoms with E-state index >= 15 is 0 Å². The van der Waals surface area contributed by atoms with Gasteiger partial charge in [0.2, 0.25) is 0 Å². The Balaban J connectivity index is 1.96. The molecule has 2 heterocycles. The first-order valence-corrected chi connectivity index (χ1v) is 6.70. The fraction of sp³-hybridized carbons (Fsp3) is 0.615. The van der Waals surface area contributed by atoms with E-state index in [1.165, 1.54) is 25.6 Å². The molecule has 1 unspecified atom stereocenters. The highest BCUT2D eigenvalue weighted by atomic mass is 16.4. The van der Waals surface area contributed by atoms with Crippen molar-refractivity contribution in [2.75, 3.05) is 29.9 Å². The smallest absolute Gasteiger partial charge is 0.308 e. The molecule has 0 radical (unpaired) electrons. The lowest BCUT2D eigenvalue weighted by atomic mass is 10.1. The predicted octanol–water partition coefficient (Wildman–Crippen LogP) is 1.60. The van der Waals surface area contributed by atoms with E-state index in [9.17, 15) is 4.79 Å². The van der Waals surface area contributed by atoms with Gasteiger partial charge in [-0.1, -0.05) is 6.92 Å². The van der Waals surface area contributed by atoms with Crippen LogP contribution >= 0.6 is 0 Å². The molecule has 6 nitrogen and oxygen atoms in total. The topological polar surface area (TPSA) is 78.3 Å². The van der Waals surface area contributed by atoms with Crippen molar-refractivity contribution in [3.05, 3.63) is 12.4 Å². The summed E-state index contributed by atoms with van der Waals surface area (Å²) in [6, 6.07) is 1.89. The van der Waals surface area contributed by atoms with Crippen LogP contribution in [-0.4, -0.2) is 40.7 Å². The Morgan fingerprint density at radius 2 is 2.16 bits per heavy atom. The maximum absolute atomic E-state index is 10.8. The van der Waals surface area contributed by atoms with Gasteiger partial charge in [0.15, 0.2) is 0 Å². The van der Waals surface area contributed by atoms with E-state index in [1.54, 1.807) is 6.92 Å². The Labute approximate surface area is 112 Å². The lowest BCUT2D eigenvalue weighted by molar-refractivity contribution is -0.140. The summed E-state index contributed by atoms with van der Waals surface area (Å²) in [6.45, 7) is 4.10. The van der Waals surface area contributed by atoms with Gasteiger partial charge in [-0.2, -0.15) is 0 Å². The van der Waals surface area contributed by atoms with Gasteiger partial charge in [-0.05, 0) is 19.3 Å². The third kappa shape index (κ3) is 3.81. The van der Waals surface area contributed by atoms with E-state index in [0.717, 1.165) is 18.9 Å². The van der Waals surface area contributed by atoms with Gasteiger partial charge in [0.1, 0.15) is 18.0 Å². The summed E-state index contributed by atoms with van der Waals surface area (Å²) in [5.74, 6) is 0.357. The number of carbonyl (C=O) groups is 1. The molecule has 1 aromatic heterocycles. The summed E-state index contributed by atoms with van der Waals surface area (Å²) in [7, 11) is 0. The van der Waals surface area contributed by atoms with Gasteiger partial charge in [-0.15, -0.1) is 0 Å². The fourth-order valence-electron chi connectivity index (χ4n) is 2.08. The monoisotopic (exact) mass is 264 g/mol. The zero-order chi connectivity index (χ0) is 13.7. The Kier molecular flexibility index (Phi) is 4.54. The molecule has 1 aliphatic rings. The molecule has 2 rings (SSSR count). The van der Waals surface area contributed by atoms with E-state index in [2.05, 4.69) is 20.2 Å². The van der Waals surface area contributed by atoms with Crippen LogP contribution in [0.1, 0.15) is 26.2 Å². The van der Waals surface area contributed by atoms with Crippen LogP contribution < -0.4 is 10.2 Å². The van der Waals surface area contributed by atoms with Crippen molar-refractivity contribution in [1.29, 1.82) is 0 Å². The number of nitrogens with zero attached hydrogens (tertiary/aromatic N) is 3. The van der Waals surface area contributed by atoms with Crippen LogP contribution in [0.5, 0.6) is 0 Å². The van der Waals surface area contributed by atoms with Crippen molar-refractivity contribution in [3.8, 4) is 0 Å². The summed E-state index contributed by atoms with van der Waals surface area (Å²) >= 11 is 0. The highest BCUT2D eigenvalue weighted by Gasteiger charge is 2.14. The Hall–Kier alpha value is -1.85. The quantitative estimate of drug-likeness (QED) is 0.841. The van der Waals surface area contributed by atoms with Gasteiger partial charge >= 0.3 is 5.97 Å². The number of aromatic nitrogens is 2. The minimum absolute atomic E-state index is 0.367. The summed E-state index contributed by atoms with van der Waals surface area (Å²) in [4.78, 5) is 21.4. The number of hydrogen-bond donors (Lipinski definition) is 2. The molecular formula is C13H20N4O2. The molecule has 104 valence electrons. The first-order chi connectivity index (χ1) is 9.16. The van der Waals surface area contributed by atoms with Gasteiger partial charge < -0.3 is 15.3 Å². The molecular weight excluding hydrogens is 244 g/mol. The van der Waals surface area contributed by atoms with E-state index < -0.39 is 11.9 Å². The van der Waals surface area contributed by atoms with Crippen molar-refractivity contribution in [2.24, 2.45) is 5.92 Å². The minimum atomic E-state index is -0.808. The molecule has 1 aromatic rings. The molecule has 6 heteroatoms. The van der Waals surface area contributed by atoms with Crippen molar-refractivity contribution in [2.45, 2.75) is 26.2 Å². The number of aliphatic carboxylic acids is 1. The highest BCUT2D eigenvalue weighted by molar-refractivity contribution is 5.70. The second kappa shape index (κ2) is 6.36. The van der Waals surface area contributed by atoms with Crippen molar-refractivity contribution in [1.82, 2.24) is 9.97 Å². The van der Waals surface area contributed by atoms with Crippen LogP contribution in [0, 0.1) is 5.92 Å². The second-order valence-electron chi connectivity index (χ2n) is 4.93. The van der Waals surface area contributed by atoms with Crippen molar-refractivity contribution < 1.29 is 9.90 Å². The van der Waals surface area contributed by atoms with Crippen LogP contribution in [0.25, 0.3) is 0 Å². The summed E-state index contributed by atoms with van der Waals surface area (Å²) in [6.07, 6.45) is 5.20. The van der Waals surface area contributed by atoms with Gasteiger partial charge in [-0.25, -0.2) is 9.97 Å². The van der Waals surface area contributed by atoms with Crippen LogP contribution in [0.4, 0.5) is 11.6 Å². The molecule has 0 bridgehead atoms. The van der Waals surface area contributed by atoms with Gasteiger partial charge in [0.25, 0.3) is 0 Å². The normalized spacial score (nSPS) is 17.0. The summed E-state index contributed by atoms with van der Waals surface area (Å²) in [5.41, 5.74) is 0. The van der Waals surface area contributed by atoms with Crippen LogP contribution in [0.2, 0.25) is 0 Å². The third-order valence-electron chi connectivity index (χ3n) is 3.34. The van der Waals surface area contributed by atoms with E-state index in [1.807, 2.05) is 6.07 Å². The molecule has 0 aromatic carbocycles. The number of carboxylic acids is 1. The first-order valence-electron chi connectivity index (χ1n) is 6.70. The van der Waals surface area contributed by atoms with Gasteiger partial charge in [0, 0.05) is 25.7 Å². The molecule has 1 aliphatic heterocycles. The van der Waals surface area contributed by atoms with Crippen LogP contribution in [-0.2, 0) is 4.79 Å². The molecule has 2 N–H and O–H groups in total. The van der Waals surface area contributed by atoms with Gasteiger partial charge in [0.05, 0.1) is 5.92 Å². The Bertz CT molecular complexity index is 432. The van der Waals surface area contributed by atoms with Crippen molar-refractivity contribution >= 4 is 17.6 Å². The molecule has 0 aliphatic carbocycles. The SMILES string of the molecule is CC(CNc1cc(N2CCCCC2)ncn1)C(=O)O. The Morgan fingerprint density at radius 3 is 2.84 bits per heavy atom. The zero-order valence-electron chi connectivity index (χ0n) is 11.2. The number of anilines is 2. The highest BCUT2D eigenvalue weighted by Crippen LogP contribution is 2.19.